The summed E-state index contributed by atoms with van der Waals surface area (Å²) in [5.41, 5.74) is 0. The Morgan fingerprint density at radius 3 is 2.19 bits per heavy atom. The van der Waals surface area contributed by atoms with Gasteiger partial charge < -0.3 is 0 Å². The lowest BCUT2D eigenvalue weighted by atomic mass is 9.73. The van der Waals surface area contributed by atoms with E-state index in [4.69, 9.17) is 0 Å². The largest absolute Gasteiger partial charge is 0.0533 e. The summed E-state index contributed by atoms with van der Waals surface area (Å²) in [4.78, 5) is 0. The Morgan fingerprint density at radius 1 is 0.938 bits per heavy atom. The summed E-state index contributed by atoms with van der Waals surface area (Å²) in [6.45, 7) is 4.14. The van der Waals surface area contributed by atoms with E-state index in [2.05, 4.69) is 6.92 Å². The van der Waals surface area contributed by atoms with Crippen LogP contribution in [0.5, 0.6) is 0 Å². The highest BCUT2D eigenvalue weighted by Gasteiger charge is 2.25. The Bertz CT molecular complexity index is 176. The molecule has 1 unspecified atom stereocenters. The second kappa shape index (κ2) is 6.67. The van der Waals surface area contributed by atoms with Crippen LogP contribution in [-0.2, 0) is 0 Å². The summed E-state index contributed by atoms with van der Waals surface area (Å²) >= 11 is 0. The van der Waals surface area contributed by atoms with Gasteiger partial charge in [-0.1, -0.05) is 84.0 Å². The second-order valence-electron chi connectivity index (χ2n) is 6.17. The molecule has 2 aliphatic carbocycles. The molecule has 0 aliphatic heterocycles. The van der Waals surface area contributed by atoms with Crippen molar-refractivity contribution in [3.05, 3.63) is 6.92 Å². The average molecular weight is 221 g/mol. The molecule has 1 radical (unpaired) electrons. The van der Waals surface area contributed by atoms with E-state index >= 15 is 0 Å². The molecule has 0 heteroatoms. The Kier molecular flexibility index (Phi) is 5.19. The van der Waals surface area contributed by atoms with Gasteiger partial charge >= 0.3 is 0 Å². The highest BCUT2D eigenvalue weighted by molar-refractivity contribution is 4.78. The van der Waals surface area contributed by atoms with Crippen molar-refractivity contribution >= 4 is 0 Å². The third-order valence-corrected chi connectivity index (χ3v) is 5.10. The molecule has 2 fully saturated rings. The number of hydrogen-bond donors (Lipinski definition) is 0. The van der Waals surface area contributed by atoms with Crippen LogP contribution in [-0.4, -0.2) is 0 Å². The van der Waals surface area contributed by atoms with E-state index in [0.717, 1.165) is 17.8 Å². The topological polar surface area (TPSA) is 0 Å². The van der Waals surface area contributed by atoms with Crippen molar-refractivity contribution in [3.63, 3.8) is 0 Å². The van der Waals surface area contributed by atoms with Gasteiger partial charge in [0.1, 0.15) is 0 Å². The molecule has 0 aromatic rings. The Morgan fingerprint density at radius 2 is 1.69 bits per heavy atom. The molecule has 0 heterocycles. The van der Waals surface area contributed by atoms with Gasteiger partial charge in [0.2, 0.25) is 0 Å². The predicted octanol–water partition coefficient (Wildman–Crippen LogP) is 5.38. The molecule has 0 bridgehead atoms. The fourth-order valence-electron chi connectivity index (χ4n) is 3.32. The maximum absolute atomic E-state index is 4.14. The van der Waals surface area contributed by atoms with Crippen LogP contribution in [0.3, 0.4) is 0 Å². The number of hydrogen-bond acceptors (Lipinski definition) is 0. The maximum atomic E-state index is 4.14. The molecule has 0 aromatic heterocycles. The summed E-state index contributed by atoms with van der Waals surface area (Å²) in [6, 6.07) is 0. The van der Waals surface area contributed by atoms with Crippen LogP contribution in [0.15, 0.2) is 0 Å². The van der Waals surface area contributed by atoms with E-state index in [1.807, 2.05) is 0 Å². The first kappa shape index (κ1) is 12.5. The summed E-state index contributed by atoms with van der Waals surface area (Å²) in [7, 11) is 0. The number of unbranched alkanes of at least 4 members (excludes halogenated alkanes) is 2. The molecule has 2 aliphatic rings. The summed E-state index contributed by atoms with van der Waals surface area (Å²) < 4.78 is 0. The lowest BCUT2D eigenvalue weighted by Crippen LogP contribution is -2.21. The standard InChI is InChI=1S/C16H29/c1-2-15(16-12-7-13-16)11-5-3-4-8-14-9-6-10-14/h14-16H,1-13H2. The maximum Gasteiger partial charge on any atom is -0.0386 e. The van der Waals surface area contributed by atoms with E-state index in [0.29, 0.717) is 0 Å². The van der Waals surface area contributed by atoms with Crippen LogP contribution in [0.25, 0.3) is 0 Å². The third kappa shape index (κ3) is 3.50. The number of rotatable bonds is 8. The Hall–Kier alpha value is 0. The summed E-state index contributed by atoms with van der Waals surface area (Å²) in [5.74, 6) is 3.15. The fraction of sp³-hybridized carbons (Fsp3) is 0.938. The molecule has 0 spiro atoms. The van der Waals surface area contributed by atoms with Crippen molar-refractivity contribution < 1.29 is 0 Å². The van der Waals surface area contributed by atoms with Crippen LogP contribution in [0.1, 0.15) is 77.0 Å². The minimum Gasteiger partial charge on any atom is -0.0533 e. The van der Waals surface area contributed by atoms with Gasteiger partial charge in [0, 0.05) is 0 Å². The van der Waals surface area contributed by atoms with Crippen molar-refractivity contribution in [1.82, 2.24) is 0 Å². The molecule has 0 amide bonds. The van der Waals surface area contributed by atoms with Crippen molar-refractivity contribution in [2.75, 3.05) is 0 Å². The monoisotopic (exact) mass is 221 g/mol. The second-order valence-corrected chi connectivity index (χ2v) is 6.17. The molecule has 16 heavy (non-hydrogen) atoms. The molecule has 0 aromatic carbocycles. The van der Waals surface area contributed by atoms with Crippen LogP contribution in [0.4, 0.5) is 0 Å². The van der Waals surface area contributed by atoms with Crippen molar-refractivity contribution in [3.8, 4) is 0 Å². The zero-order valence-corrected chi connectivity index (χ0v) is 10.9. The molecule has 1 atom stereocenters. The molecule has 93 valence electrons. The summed E-state index contributed by atoms with van der Waals surface area (Å²) in [5, 5.41) is 0. The molecule has 2 rings (SSSR count). The van der Waals surface area contributed by atoms with Gasteiger partial charge in [-0.05, 0) is 17.8 Å². The average Bonchev–Trinajstić information content (AvgIpc) is 2.15. The zero-order chi connectivity index (χ0) is 11.2. The highest BCUT2D eigenvalue weighted by atomic mass is 14.3. The first-order chi connectivity index (χ1) is 7.90. The molecular formula is C16H29. The predicted molar refractivity (Wildman–Crippen MR) is 71.2 cm³/mol. The smallest absolute Gasteiger partial charge is 0.0386 e. The SMILES string of the molecule is [CH2]CC(CCCCCC1CCC1)C1CCC1. The van der Waals surface area contributed by atoms with Crippen molar-refractivity contribution in [1.29, 1.82) is 0 Å². The van der Waals surface area contributed by atoms with Crippen LogP contribution >= 0.6 is 0 Å². The van der Waals surface area contributed by atoms with Gasteiger partial charge in [-0.25, -0.2) is 0 Å². The van der Waals surface area contributed by atoms with Gasteiger partial charge in [0.25, 0.3) is 0 Å². The van der Waals surface area contributed by atoms with Gasteiger partial charge in [-0.2, -0.15) is 0 Å². The third-order valence-electron chi connectivity index (χ3n) is 5.10. The highest BCUT2D eigenvalue weighted by Crippen LogP contribution is 2.38. The van der Waals surface area contributed by atoms with Gasteiger partial charge in [0.15, 0.2) is 0 Å². The van der Waals surface area contributed by atoms with Crippen LogP contribution in [0, 0.1) is 24.7 Å². The molecule has 2 saturated carbocycles. The van der Waals surface area contributed by atoms with Crippen molar-refractivity contribution in [2.45, 2.75) is 77.0 Å². The van der Waals surface area contributed by atoms with E-state index in [1.165, 1.54) is 77.0 Å². The first-order valence-electron chi connectivity index (χ1n) is 7.69. The van der Waals surface area contributed by atoms with Crippen molar-refractivity contribution in [2.24, 2.45) is 17.8 Å². The fourth-order valence-corrected chi connectivity index (χ4v) is 3.32. The Labute approximate surface area is 102 Å². The minimum atomic E-state index is 0.970. The van der Waals surface area contributed by atoms with Gasteiger partial charge in [-0.3, -0.25) is 0 Å². The zero-order valence-electron chi connectivity index (χ0n) is 10.9. The molecule has 0 saturated heterocycles. The van der Waals surface area contributed by atoms with E-state index in [1.54, 1.807) is 0 Å². The van der Waals surface area contributed by atoms with Gasteiger partial charge in [-0.15, -0.1) is 0 Å². The van der Waals surface area contributed by atoms with E-state index < -0.39 is 0 Å². The molecule has 0 nitrogen and oxygen atoms in total. The quantitative estimate of drug-likeness (QED) is 0.483. The molecule has 0 N–H and O–H groups in total. The van der Waals surface area contributed by atoms with Crippen LogP contribution < -0.4 is 0 Å². The van der Waals surface area contributed by atoms with Crippen LogP contribution in [0.2, 0.25) is 0 Å². The summed E-state index contributed by atoms with van der Waals surface area (Å²) in [6.07, 6.45) is 17.7. The van der Waals surface area contributed by atoms with E-state index in [-0.39, 0.29) is 0 Å². The van der Waals surface area contributed by atoms with E-state index in [9.17, 15) is 0 Å². The molecular weight excluding hydrogens is 192 g/mol. The Balaban J connectivity index is 1.45. The lowest BCUT2D eigenvalue weighted by Gasteiger charge is -2.33. The minimum absolute atomic E-state index is 0.970. The first-order valence-corrected chi connectivity index (χ1v) is 7.69. The van der Waals surface area contributed by atoms with Gasteiger partial charge in [0.05, 0.1) is 0 Å². The lowest BCUT2D eigenvalue weighted by molar-refractivity contribution is 0.191. The normalized spacial score (nSPS) is 23.8.